The van der Waals surface area contributed by atoms with Crippen molar-refractivity contribution in [1.82, 2.24) is 0 Å². The fourth-order valence-electron chi connectivity index (χ4n) is 3.26. The third-order valence-electron chi connectivity index (χ3n) is 4.86. The number of hydrogen-bond donors (Lipinski definition) is 0. The zero-order valence-electron chi connectivity index (χ0n) is 16.2. The lowest BCUT2D eigenvalue weighted by molar-refractivity contribution is -0.147. The van der Waals surface area contributed by atoms with Gasteiger partial charge in [0.1, 0.15) is 0 Å². The molecule has 146 valence electrons. The molecule has 0 radical (unpaired) electrons. The highest BCUT2D eigenvalue weighted by molar-refractivity contribution is 7.98. The summed E-state index contributed by atoms with van der Waals surface area (Å²) in [6.45, 7) is 3.72. The molecule has 5 nitrogen and oxygen atoms in total. The Morgan fingerprint density at radius 1 is 1.18 bits per heavy atom. The van der Waals surface area contributed by atoms with E-state index in [2.05, 4.69) is 0 Å². The van der Waals surface area contributed by atoms with Crippen molar-refractivity contribution < 1.29 is 19.1 Å². The highest BCUT2D eigenvalue weighted by Gasteiger charge is 2.36. The highest BCUT2D eigenvalue weighted by Crippen LogP contribution is 2.28. The molecule has 2 aromatic rings. The van der Waals surface area contributed by atoms with Crippen molar-refractivity contribution in [1.29, 1.82) is 0 Å². The number of rotatable bonds is 6. The number of benzene rings is 2. The van der Waals surface area contributed by atoms with E-state index in [9.17, 15) is 14.4 Å². The van der Waals surface area contributed by atoms with Crippen molar-refractivity contribution in [3.05, 3.63) is 59.2 Å². The Bertz CT molecular complexity index is 925. The molecule has 1 fully saturated rings. The summed E-state index contributed by atoms with van der Waals surface area (Å²) in [6, 6.07) is 13.3. The standard InChI is InChI=1S/C22H23NO4S/c1-14-7-8-15(2)19(9-14)20(24)13-27-22(26)16-10-21(25)23(12-16)17-5-4-6-18(11-17)28-3/h4-9,11,16H,10,12-13H2,1-3H3/t16-/m0/s1. The lowest BCUT2D eigenvalue weighted by Crippen LogP contribution is -2.27. The van der Waals surface area contributed by atoms with E-state index in [1.807, 2.05) is 56.5 Å². The number of ether oxygens (including phenoxy) is 1. The maximum absolute atomic E-state index is 12.4. The molecule has 1 heterocycles. The average molecular weight is 397 g/mol. The minimum Gasteiger partial charge on any atom is -0.457 e. The zero-order valence-corrected chi connectivity index (χ0v) is 17.0. The summed E-state index contributed by atoms with van der Waals surface area (Å²) in [6.07, 6.45) is 2.07. The summed E-state index contributed by atoms with van der Waals surface area (Å²) < 4.78 is 5.24. The molecule has 0 aromatic heterocycles. The van der Waals surface area contributed by atoms with Gasteiger partial charge in [0.15, 0.2) is 6.61 Å². The van der Waals surface area contributed by atoms with E-state index in [0.717, 1.165) is 21.7 Å². The number of hydrogen-bond acceptors (Lipinski definition) is 5. The Kier molecular flexibility index (Phi) is 6.19. The van der Waals surface area contributed by atoms with Gasteiger partial charge in [0.05, 0.1) is 5.92 Å². The van der Waals surface area contributed by atoms with Crippen LogP contribution in [0.5, 0.6) is 0 Å². The molecule has 0 saturated carbocycles. The van der Waals surface area contributed by atoms with E-state index in [0.29, 0.717) is 5.56 Å². The quantitative estimate of drug-likeness (QED) is 0.421. The molecule has 0 aliphatic carbocycles. The fraction of sp³-hybridized carbons (Fsp3) is 0.318. The second kappa shape index (κ2) is 8.61. The van der Waals surface area contributed by atoms with Crippen LogP contribution in [0.3, 0.4) is 0 Å². The van der Waals surface area contributed by atoms with E-state index < -0.39 is 11.9 Å². The van der Waals surface area contributed by atoms with Crippen LogP contribution in [0.2, 0.25) is 0 Å². The highest BCUT2D eigenvalue weighted by atomic mass is 32.2. The molecular weight excluding hydrogens is 374 g/mol. The van der Waals surface area contributed by atoms with Crippen molar-refractivity contribution >= 4 is 35.1 Å². The van der Waals surface area contributed by atoms with Crippen LogP contribution in [0.25, 0.3) is 0 Å². The molecule has 0 spiro atoms. The molecule has 1 saturated heterocycles. The number of carbonyl (C=O) groups is 3. The predicted molar refractivity (Wildman–Crippen MR) is 110 cm³/mol. The minimum absolute atomic E-state index is 0.0972. The number of amides is 1. The van der Waals surface area contributed by atoms with Gasteiger partial charge in [-0.1, -0.05) is 23.8 Å². The van der Waals surface area contributed by atoms with Gasteiger partial charge in [-0.25, -0.2) is 0 Å². The van der Waals surface area contributed by atoms with Crippen molar-refractivity contribution in [2.24, 2.45) is 5.92 Å². The van der Waals surface area contributed by atoms with Gasteiger partial charge in [-0.05, 0) is 49.9 Å². The van der Waals surface area contributed by atoms with Gasteiger partial charge in [0.2, 0.25) is 11.7 Å². The molecule has 0 unspecified atom stereocenters. The summed E-state index contributed by atoms with van der Waals surface area (Å²) in [5, 5.41) is 0. The van der Waals surface area contributed by atoms with E-state index in [1.165, 1.54) is 0 Å². The summed E-state index contributed by atoms with van der Waals surface area (Å²) in [5.74, 6) is -1.41. The third-order valence-corrected chi connectivity index (χ3v) is 5.59. The molecule has 1 aliphatic heterocycles. The first-order chi connectivity index (χ1) is 13.4. The molecule has 3 rings (SSSR count). The predicted octanol–water partition coefficient (Wildman–Crippen LogP) is 3.80. The zero-order chi connectivity index (χ0) is 20.3. The van der Waals surface area contributed by atoms with E-state index in [-0.39, 0.29) is 31.3 Å². The second-order valence-corrected chi connectivity index (χ2v) is 7.84. The van der Waals surface area contributed by atoms with Crippen molar-refractivity contribution in [3.63, 3.8) is 0 Å². The topological polar surface area (TPSA) is 63.7 Å². The second-order valence-electron chi connectivity index (χ2n) is 6.96. The van der Waals surface area contributed by atoms with Crippen LogP contribution in [0.15, 0.2) is 47.4 Å². The van der Waals surface area contributed by atoms with Crippen LogP contribution in [0.4, 0.5) is 5.69 Å². The molecule has 6 heteroatoms. The normalized spacial score (nSPS) is 16.3. The maximum atomic E-state index is 12.4. The summed E-state index contributed by atoms with van der Waals surface area (Å²) in [5.41, 5.74) is 3.16. The van der Waals surface area contributed by atoms with Crippen LogP contribution in [0.1, 0.15) is 27.9 Å². The van der Waals surface area contributed by atoms with E-state index in [1.54, 1.807) is 22.7 Å². The molecule has 2 aromatic carbocycles. The Hall–Kier alpha value is -2.60. The molecule has 28 heavy (non-hydrogen) atoms. The first kappa shape index (κ1) is 20.1. The molecule has 0 N–H and O–H groups in total. The van der Waals surface area contributed by atoms with Crippen molar-refractivity contribution in [2.45, 2.75) is 25.2 Å². The Morgan fingerprint density at radius 3 is 2.71 bits per heavy atom. The van der Waals surface area contributed by atoms with E-state index >= 15 is 0 Å². The number of ketones is 1. The van der Waals surface area contributed by atoms with Crippen LogP contribution in [0, 0.1) is 19.8 Å². The summed E-state index contributed by atoms with van der Waals surface area (Å²) in [7, 11) is 0. The monoisotopic (exact) mass is 397 g/mol. The summed E-state index contributed by atoms with van der Waals surface area (Å²) in [4.78, 5) is 39.9. The third kappa shape index (κ3) is 4.44. The molecule has 1 amide bonds. The number of esters is 1. The number of carbonyl (C=O) groups excluding carboxylic acids is 3. The maximum Gasteiger partial charge on any atom is 0.311 e. The Morgan fingerprint density at radius 2 is 1.96 bits per heavy atom. The first-order valence-corrected chi connectivity index (χ1v) is 10.3. The number of thioether (sulfide) groups is 1. The molecule has 1 aliphatic rings. The Balaban J connectivity index is 1.61. The van der Waals surface area contributed by atoms with Crippen LogP contribution >= 0.6 is 11.8 Å². The van der Waals surface area contributed by atoms with Crippen LogP contribution in [-0.4, -0.2) is 37.1 Å². The molecular formula is C22H23NO4S. The number of nitrogens with zero attached hydrogens (tertiary/aromatic N) is 1. The van der Waals surface area contributed by atoms with Gasteiger partial charge in [0.25, 0.3) is 0 Å². The number of aryl methyl sites for hydroxylation is 2. The summed E-state index contributed by atoms with van der Waals surface area (Å²) >= 11 is 1.59. The molecule has 1 atom stereocenters. The van der Waals surface area contributed by atoms with Crippen molar-refractivity contribution in [3.8, 4) is 0 Å². The van der Waals surface area contributed by atoms with Gasteiger partial charge >= 0.3 is 5.97 Å². The smallest absolute Gasteiger partial charge is 0.311 e. The Labute approximate surface area is 169 Å². The fourth-order valence-corrected chi connectivity index (χ4v) is 3.72. The van der Waals surface area contributed by atoms with Gasteiger partial charge < -0.3 is 9.64 Å². The van der Waals surface area contributed by atoms with Crippen LogP contribution in [-0.2, 0) is 14.3 Å². The average Bonchev–Trinajstić information content (AvgIpc) is 3.09. The van der Waals surface area contributed by atoms with E-state index in [4.69, 9.17) is 4.74 Å². The minimum atomic E-state index is -0.558. The van der Waals surface area contributed by atoms with Crippen LogP contribution < -0.4 is 4.90 Å². The number of anilines is 1. The lowest BCUT2D eigenvalue weighted by Gasteiger charge is -2.17. The molecule has 0 bridgehead atoms. The van der Waals surface area contributed by atoms with Gasteiger partial charge in [-0.15, -0.1) is 11.8 Å². The van der Waals surface area contributed by atoms with Gasteiger partial charge in [-0.2, -0.15) is 0 Å². The van der Waals surface area contributed by atoms with Gasteiger partial charge in [-0.3, -0.25) is 14.4 Å². The SMILES string of the molecule is CSc1cccc(N2C[C@@H](C(=O)OCC(=O)c3cc(C)ccc3C)CC2=O)c1. The van der Waals surface area contributed by atoms with Crippen molar-refractivity contribution in [2.75, 3.05) is 24.3 Å². The number of Topliss-reactive ketones (excluding diaryl/α,β-unsaturated/α-hetero) is 1. The first-order valence-electron chi connectivity index (χ1n) is 9.10. The lowest BCUT2D eigenvalue weighted by atomic mass is 10.0. The largest absolute Gasteiger partial charge is 0.457 e. The van der Waals surface area contributed by atoms with Gasteiger partial charge in [0, 0.05) is 29.1 Å².